The highest BCUT2D eigenvalue weighted by atomic mass is 15.0. The second kappa shape index (κ2) is 6.44. The van der Waals surface area contributed by atoms with Crippen molar-refractivity contribution in [3.05, 3.63) is 0 Å². The highest BCUT2D eigenvalue weighted by molar-refractivity contribution is 4.81. The Balaban J connectivity index is 2.24. The molecule has 0 saturated heterocycles. The normalized spacial score (nSPS) is 27.4. The van der Waals surface area contributed by atoms with E-state index in [0.717, 1.165) is 18.0 Å². The van der Waals surface area contributed by atoms with Crippen LogP contribution in [0.15, 0.2) is 0 Å². The lowest BCUT2D eigenvalue weighted by Gasteiger charge is -2.22. The Morgan fingerprint density at radius 1 is 1.14 bits per heavy atom. The van der Waals surface area contributed by atoms with Gasteiger partial charge in [-0.05, 0) is 38.0 Å². The van der Waals surface area contributed by atoms with Crippen molar-refractivity contribution in [1.29, 1.82) is 0 Å². The van der Waals surface area contributed by atoms with Crippen LogP contribution < -0.4 is 5.32 Å². The van der Waals surface area contributed by atoms with Crippen molar-refractivity contribution < 1.29 is 0 Å². The molecule has 1 aliphatic rings. The van der Waals surface area contributed by atoms with E-state index in [4.69, 9.17) is 0 Å². The molecule has 1 N–H and O–H groups in total. The van der Waals surface area contributed by atoms with Crippen molar-refractivity contribution in [1.82, 2.24) is 5.32 Å². The molecule has 0 spiro atoms. The zero-order chi connectivity index (χ0) is 10.4. The van der Waals surface area contributed by atoms with Gasteiger partial charge < -0.3 is 5.32 Å². The minimum atomic E-state index is 0.792. The summed E-state index contributed by atoms with van der Waals surface area (Å²) in [5.74, 6) is 0.955. The van der Waals surface area contributed by atoms with Gasteiger partial charge in [-0.25, -0.2) is 0 Å². The SMILES string of the molecule is CCCC(CCC)NC1CCC(C)C1. The summed E-state index contributed by atoms with van der Waals surface area (Å²) < 4.78 is 0. The van der Waals surface area contributed by atoms with E-state index >= 15 is 0 Å². The van der Waals surface area contributed by atoms with Crippen molar-refractivity contribution in [2.24, 2.45) is 5.92 Å². The summed E-state index contributed by atoms with van der Waals surface area (Å²) in [5.41, 5.74) is 0. The molecule has 1 saturated carbocycles. The average molecular weight is 197 g/mol. The molecule has 84 valence electrons. The predicted octanol–water partition coefficient (Wildman–Crippen LogP) is 3.73. The number of hydrogen-bond donors (Lipinski definition) is 1. The Hall–Kier alpha value is -0.0400. The second-order valence-corrected chi connectivity index (χ2v) is 5.06. The molecule has 2 atom stereocenters. The highest BCUT2D eigenvalue weighted by Gasteiger charge is 2.22. The summed E-state index contributed by atoms with van der Waals surface area (Å²) in [6.07, 6.45) is 9.61. The van der Waals surface area contributed by atoms with Crippen LogP contribution in [0.4, 0.5) is 0 Å². The molecule has 0 amide bonds. The van der Waals surface area contributed by atoms with Crippen LogP contribution in [-0.2, 0) is 0 Å². The average Bonchev–Trinajstić information content (AvgIpc) is 2.52. The first kappa shape index (κ1) is 12.0. The third-order valence-electron chi connectivity index (χ3n) is 3.44. The van der Waals surface area contributed by atoms with Crippen molar-refractivity contribution in [3.63, 3.8) is 0 Å². The largest absolute Gasteiger partial charge is 0.311 e. The second-order valence-electron chi connectivity index (χ2n) is 5.06. The molecule has 1 aliphatic carbocycles. The molecule has 2 unspecified atom stereocenters. The summed E-state index contributed by atoms with van der Waals surface area (Å²) in [6, 6.07) is 1.62. The fraction of sp³-hybridized carbons (Fsp3) is 1.00. The van der Waals surface area contributed by atoms with Gasteiger partial charge in [-0.3, -0.25) is 0 Å². The minimum absolute atomic E-state index is 0.792. The zero-order valence-corrected chi connectivity index (χ0v) is 10.2. The maximum absolute atomic E-state index is 3.85. The Morgan fingerprint density at radius 2 is 1.79 bits per heavy atom. The smallest absolute Gasteiger partial charge is 0.00722 e. The first-order chi connectivity index (χ1) is 6.76. The molecule has 1 fully saturated rings. The topological polar surface area (TPSA) is 12.0 Å². The van der Waals surface area contributed by atoms with Crippen LogP contribution in [0.25, 0.3) is 0 Å². The number of hydrogen-bond acceptors (Lipinski definition) is 1. The fourth-order valence-corrected chi connectivity index (χ4v) is 2.70. The predicted molar refractivity (Wildman–Crippen MR) is 63.5 cm³/mol. The van der Waals surface area contributed by atoms with Gasteiger partial charge in [0.1, 0.15) is 0 Å². The molecule has 0 aromatic carbocycles. The lowest BCUT2D eigenvalue weighted by Crippen LogP contribution is -2.36. The van der Waals surface area contributed by atoms with Crippen LogP contribution in [0.5, 0.6) is 0 Å². The Labute approximate surface area is 89.7 Å². The van der Waals surface area contributed by atoms with Gasteiger partial charge in [-0.2, -0.15) is 0 Å². The van der Waals surface area contributed by atoms with Crippen LogP contribution in [0.1, 0.15) is 65.7 Å². The summed E-state index contributed by atoms with van der Waals surface area (Å²) in [5, 5.41) is 3.85. The van der Waals surface area contributed by atoms with E-state index in [1.165, 1.54) is 44.9 Å². The van der Waals surface area contributed by atoms with Gasteiger partial charge in [-0.15, -0.1) is 0 Å². The molecule has 1 heteroatoms. The molecule has 1 rings (SSSR count). The fourth-order valence-electron chi connectivity index (χ4n) is 2.70. The molecular formula is C13H27N. The molecule has 0 aromatic rings. The van der Waals surface area contributed by atoms with Crippen LogP contribution in [-0.4, -0.2) is 12.1 Å². The monoisotopic (exact) mass is 197 g/mol. The quantitative estimate of drug-likeness (QED) is 0.684. The van der Waals surface area contributed by atoms with Crippen LogP contribution in [0.2, 0.25) is 0 Å². The summed E-state index contributed by atoms with van der Waals surface area (Å²) in [4.78, 5) is 0. The van der Waals surface area contributed by atoms with Gasteiger partial charge in [0.05, 0.1) is 0 Å². The van der Waals surface area contributed by atoms with E-state index in [-0.39, 0.29) is 0 Å². The van der Waals surface area contributed by atoms with E-state index in [1.807, 2.05) is 0 Å². The summed E-state index contributed by atoms with van der Waals surface area (Å²) in [7, 11) is 0. The number of nitrogens with one attached hydrogen (secondary N) is 1. The molecule has 1 nitrogen and oxygen atoms in total. The van der Waals surface area contributed by atoms with E-state index in [9.17, 15) is 0 Å². The first-order valence-corrected chi connectivity index (χ1v) is 6.52. The van der Waals surface area contributed by atoms with Gasteiger partial charge in [0.2, 0.25) is 0 Å². The van der Waals surface area contributed by atoms with Crippen LogP contribution >= 0.6 is 0 Å². The van der Waals surface area contributed by atoms with Crippen molar-refractivity contribution >= 4 is 0 Å². The zero-order valence-electron chi connectivity index (χ0n) is 10.2. The van der Waals surface area contributed by atoms with Gasteiger partial charge >= 0.3 is 0 Å². The standard InChI is InChI=1S/C13H27N/c1-4-6-12(7-5-2)14-13-9-8-11(3)10-13/h11-14H,4-10H2,1-3H3. The van der Waals surface area contributed by atoms with Gasteiger partial charge in [-0.1, -0.05) is 33.6 Å². The molecular weight excluding hydrogens is 170 g/mol. The Kier molecular flexibility index (Phi) is 5.54. The maximum Gasteiger partial charge on any atom is 0.00722 e. The van der Waals surface area contributed by atoms with Crippen molar-refractivity contribution in [2.75, 3.05) is 0 Å². The van der Waals surface area contributed by atoms with Crippen molar-refractivity contribution in [2.45, 2.75) is 77.8 Å². The van der Waals surface area contributed by atoms with Gasteiger partial charge in [0, 0.05) is 12.1 Å². The molecule has 14 heavy (non-hydrogen) atoms. The molecule has 0 aromatic heterocycles. The van der Waals surface area contributed by atoms with Crippen LogP contribution in [0, 0.1) is 5.92 Å². The third-order valence-corrected chi connectivity index (χ3v) is 3.44. The Bertz CT molecular complexity index is 138. The van der Waals surface area contributed by atoms with E-state index in [1.54, 1.807) is 0 Å². The third kappa shape index (κ3) is 4.00. The molecule has 0 aliphatic heterocycles. The summed E-state index contributed by atoms with van der Waals surface area (Å²) in [6.45, 7) is 6.97. The van der Waals surface area contributed by atoms with Gasteiger partial charge in [0.25, 0.3) is 0 Å². The van der Waals surface area contributed by atoms with E-state index < -0.39 is 0 Å². The maximum atomic E-state index is 3.85. The highest BCUT2D eigenvalue weighted by Crippen LogP contribution is 2.25. The van der Waals surface area contributed by atoms with Crippen molar-refractivity contribution in [3.8, 4) is 0 Å². The molecule has 0 bridgehead atoms. The number of rotatable bonds is 6. The lowest BCUT2D eigenvalue weighted by molar-refractivity contribution is 0.380. The van der Waals surface area contributed by atoms with E-state index in [2.05, 4.69) is 26.1 Å². The minimum Gasteiger partial charge on any atom is -0.311 e. The lowest BCUT2D eigenvalue weighted by atomic mass is 10.0. The van der Waals surface area contributed by atoms with E-state index in [0.29, 0.717) is 0 Å². The van der Waals surface area contributed by atoms with Crippen LogP contribution in [0.3, 0.4) is 0 Å². The molecule has 0 radical (unpaired) electrons. The summed E-state index contributed by atoms with van der Waals surface area (Å²) >= 11 is 0. The molecule has 0 heterocycles. The van der Waals surface area contributed by atoms with Gasteiger partial charge in [0.15, 0.2) is 0 Å². The Morgan fingerprint density at radius 3 is 2.21 bits per heavy atom. The first-order valence-electron chi connectivity index (χ1n) is 6.52.